The standard InChI is InChI=1S/C13H18N4O/c1-2-7-17-9-15-16-13(17)12(14)8-10-3-5-11(18)6-4-10/h3-6,9,12,18H,2,7-8,14H2,1H3/t12-/m1/s1. The van der Waals surface area contributed by atoms with Crippen molar-refractivity contribution in [2.24, 2.45) is 5.73 Å². The molecular weight excluding hydrogens is 228 g/mol. The molecule has 2 rings (SSSR count). The van der Waals surface area contributed by atoms with Gasteiger partial charge in [0.05, 0.1) is 6.04 Å². The Morgan fingerprint density at radius 1 is 1.33 bits per heavy atom. The van der Waals surface area contributed by atoms with Crippen molar-refractivity contribution in [3.63, 3.8) is 0 Å². The third kappa shape index (κ3) is 2.87. The quantitative estimate of drug-likeness (QED) is 0.840. The van der Waals surface area contributed by atoms with E-state index in [1.807, 2.05) is 16.7 Å². The highest BCUT2D eigenvalue weighted by Gasteiger charge is 2.13. The number of hydrogen-bond acceptors (Lipinski definition) is 4. The zero-order valence-corrected chi connectivity index (χ0v) is 10.5. The maximum Gasteiger partial charge on any atom is 0.150 e. The Bertz CT molecular complexity index is 492. The maximum atomic E-state index is 9.23. The Kier molecular flexibility index (Phi) is 3.94. The van der Waals surface area contributed by atoms with Gasteiger partial charge in [0.15, 0.2) is 0 Å². The van der Waals surface area contributed by atoms with Gasteiger partial charge < -0.3 is 15.4 Å². The molecule has 0 spiro atoms. The maximum absolute atomic E-state index is 9.23. The van der Waals surface area contributed by atoms with Gasteiger partial charge in [-0.25, -0.2) is 0 Å². The highest BCUT2D eigenvalue weighted by atomic mass is 16.3. The first kappa shape index (κ1) is 12.6. The van der Waals surface area contributed by atoms with Gasteiger partial charge >= 0.3 is 0 Å². The molecule has 0 aliphatic rings. The number of aromatic hydroxyl groups is 1. The average molecular weight is 246 g/mol. The summed E-state index contributed by atoms with van der Waals surface area (Å²) in [6.07, 6.45) is 3.43. The first-order valence-electron chi connectivity index (χ1n) is 6.12. The molecule has 0 amide bonds. The van der Waals surface area contributed by atoms with Gasteiger partial charge in [0.2, 0.25) is 0 Å². The lowest BCUT2D eigenvalue weighted by atomic mass is 10.1. The van der Waals surface area contributed by atoms with E-state index in [1.54, 1.807) is 18.5 Å². The van der Waals surface area contributed by atoms with Crippen LogP contribution in [0, 0.1) is 0 Å². The molecule has 3 N–H and O–H groups in total. The van der Waals surface area contributed by atoms with Gasteiger partial charge in [-0.2, -0.15) is 0 Å². The lowest BCUT2D eigenvalue weighted by Crippen LogP contribution is -2.19. The first-order valence-corrected chi connectivity index (χ1v) is 6.12. The smallest absolute Gasteiger partial charge is 0.150 e. The lowest BCUT2D eigenvalue weighted by molar-refractivity contribution is 0.475. The zero-order valence-electron chi connectivity index (χ0n) is 10.5. The number of phenols is 1. The molecule has 0 aliphatic carbocycles. The van der Waals surface area contributed by atoms with Crippen LogP contribution in [-0.4, -0.2) is 19.9 Å². The number of benzene rings is 1. The minimum atomic E-state index is -0.177. The minimum Gasteiger partial charge on any atom is -0.508 e. The molecule has 96 valence electrons. The molecule has 1 heterocycles. The molecule has 1 aromatic heterocycles. The van der Waals surface area contributed by atoms with Crippen molar-refractivity contribution in [2.45, 2.75) is 32.4 Å². The third-order valence-corrected chi connectivity index (χ3v) is 2.83. The molecule has 0 saturated carbocycles. The van der Waals surface area contributed by atoms with E-state index >= 15 is 0 Å². The molecular formula is C13H18N4O. The Labute approximate surface area is 106 Å². The molecule has 5 heteroatoms. The van der Waals surface area contributed by atoms with E-state index in [4.69, 9.17) is 5.73 Å². The van der Waals surface area contributed by atoms with Gasteiger partial charge in [-0.15, -0.1) is 10.2 Å². The largest absolute Gasteiger partial charge is 0.508 e. The number of hydrogen-bond donors (Lipinski definition) is 2. The minimum absolute atomic E-state index is 0.177. The number of nitrogens with two attached hydrogens (primary N) is 1. The zero-order chi connectivity index (χ0) is 13.0. The molecule has 0 unspecified atom stereocenters. The second-order valence-electron chi connectivity index (χ2n) is 4.36. The van der Waals surface area contributed by atoms with Crippen molar-refractivity contribution >= 4 is 0 Å². The summed E-state index contributed by atoms with van der Waals surface area (Å²) in [4.78, 5) is 0. The van der Waals surface area contributed by atoms with E-state index < -0.39 is 0 Å². The van der Waals surface area contributed by atoms with Crippen molar-refractivity contribution < 1.29 is 5.11 Å². The fraction of sp³-hybridized carbons (Fsp3) is 0.385. The first-order chi connectivity index (χ1) is 8.70. The summed E-state index contributed by atoms with van der Waals surface area (Å²) in [5, 5.41) is 17.2. The van der Waals surface area contributed by atoms with Crippen molar-refractivity contribution in [2.75, 3.05) is 0 Å². The second kappa shape index (κ2) is 5.64. The van der Waals surface area contributed by atoms with Gasteiger partial charge in [-0.05, 0) is 30.5 Å². The van der Waals surface area contributed by atoms with Crippen LogP contribution in [0.5, 0.6) is 5.75 Å². The van der Waals surface area contributed by atoms with Crippen molar-refractivity contribution in [3.8, 4) is 5.75 Å². The number of aryl methyl sites for hydroxylation is 1. The van der Waals surface area contributed by atoms with Crippen molar-refractivity contribution in [1.29, 1.82) is 0 Å². The topological polar surface area (TPSA) is 77.0 Å². The van der Waals surface area contributed by atoms with Crippen LogP contribution in [0.1, 0.15) is 30.8 Å². The summed E-state index contributed by atoms with van der Waals surface area (Å²) >= 11 is 0. The van der Waals surface area contributed by atoms with E-state index in [9.17, 15) is 5.11 Å². The Morgan fingerprint density at radius 2 is 2.06 bits per heavy atom. The summed E-state index contributed by atoms with van der Waals surface area (Å²) in [5.74, 6) is 1.08. The number of aromatic nitrogens is 3. The van der Waals surface area contributed by atoms with Gasteiger partial charge in [-0.1, -0.05) is 19.1 Å². The lowest BCUT2D eigenvalue weighted by Gasteiger charge is -2.12. The summed E-state index contributed by atoms with van der Waals surface area (Å²) in [6, 6.07) is 6.90. The molecule has 1 atom stereocenters. The monoisotopic (exact) mass is 246 g/mol. The summed E-state index contributed by atoms with van der Waals surface area (Å²) in [7, 11) is 0. The fourth-order valence-electron chi connectivity index (χ4n) is 1.94. The predicted molar refractivity (Wildman–Crippen MR) is 69.1 cm³/mol. The van der Waals surface area contributed by atoms with Gasteiger partial charge in [0.25, 0.3) is 0 Å². The Hall–Kier alpha value is -1.88. The third-order valence-electron chi connectivity index (χ3n) is 2.83. The van der Waals surface area contributed by atoms with Crippen molar-refractivity contribution in [1.82, 2.24) is 14.8 Å². The second-order valence-corrected chi connectivity index (χ2v) is 4.36. The van der Waals surface area contributed by atoms with E-state index in [2.05, 4.69) is 17.1 Å². The van der Waals surface area contributed by atoms with E-state index in [1.165, 1.54) is 0 Å². The van der Waals surface area contributed by atoms with Crippen molar-refractivity contribution in [3.05, 3.63) is 42.0 Å². The molecule has 1 aromatic carbocycles. The van der Waals surface area contributed by atoms with Crippen LogP contribution in [0.3, 0.4) is 0 Å². The molecule has 0 fully saturated rings. The SMILES string of the molecule is CCCn1cnnc1[C@H](N)Cc1ccc(O)cc1. The molecule has 5 nitrogen and oxygen atoms in total. The Balaban J connectivity index is 2.09. The van der Waals surface area contributed by atoms with E-state index in [0.717, 1.165) is 24.4 Å². The van der Waals surface area contributed by atoms with Gasteiger partial charge in [-0.3, -0.25) is 0 Å². The number of rotatable bonds is 5. The van der Waals surface area contributed by atoms with Crippen LogP contribution in [0.25, 0.3) is 0 Å². The van der Waals surface area contributed by atoms with Gasteiger partial charge in [0, 0.05) is 6.54 Å². The Morgan fingerprint density at radius 3 is 2.72 bits per heavy atom. The summed E-state index contributed by atoms with van der Waals surface area (Å²) in [5.41, 5.74) is 7.23. The molecule has 0 aliphatic heterocycles. The van der Waals surface area contributed by atoms with E-state index in [-0.39, 0.29) is 11.8 Å². The van der Waals surface area contributed by atoms with Gasteiger partial charge in [0.1, 0.15) is 17.9 Å². The summed E-state index contributed by atoms with van der Waals surface area (Å²) < 4.78 is 1.99. The van der Waals surface area contributed by atoms with Crippen LogP contribution >= 0.6 is 0 Å². The van der Waals surface area contributed by atoms with Crippen LogP contribution in [0.2, 0.25) is 0 Å². The van der Waals surface area contributed by atoms with Crippen LogP contribution in [-0.2, 0) is 13.0 Å². The predicted octanol–water partition coefficient (Wildman–Crippen LogP) is 1.64. The molecule has 0 bridgehead atoms. The number of phenolic OH excluding ortho intramolecular Hbond substituents is 1. The van der Waals surface area contributed by atoms with Crippen LogP contribution in [0.15, 0.2) is 30.6 Å². The van der Waals surface area contributed by atoms with Crippen LogP contribution in [0.4, 0.5) is 0 Å². The average Bonchev–Trinajstić information content (AvgIpc) is 2.81. The molecule has 18 heavy (non-hydrogen) atoms. The number of nitrogens with zero attached hydrogens (tertiary/aromatic N) is 3. The summed E-state index contributed by atoms with van der Waals surface area (Å²) in [6.45, 7) is 2.99. The normalized spacial score (nSPS) is 12.6. The van der Waals surface area contributed by atoms with Crippen LogP contribution < -0.4 is 5.73 Å². The highest BCUT2D eigenvalue weighted by Crippen LogP contribution is 2.16. The van der Waals surface area contributed by atoms with E-state index in [0.29, 0.717) is 6.42 Å². The highest BCUT2D eigenvalue weighted by molar-refractivity contribution is 5.26. The molecule has 0 saturated heterocycles. The molecule has 0 radical (unpaired) electrons. The molecule has 2 aromatic rings. The fourth-order valence-corrected chi connectivity index (χ4v) is 1.94.